The highest BCUT2D eigenvalue weighted by Crippen LogP contribution is 2.15. The van der Waals surface area contributed by atoms with Crippen molar-refractivity contribution < 1.29 is 14.6 Å². The van der Waals surface area contributed by atoms with Crippen LogP contribution in [0.4, 0.5) is 0 Å². The van der Waals surface area contributed by atoms with Gasteiger partial charge in [0, 0.05) is 13.0 Å². The Labute approximate surface area is 233 Å². The maximum absolute atomic E-state index is 11.9. The zero-order valence-electron chi connectivity index (χ0n) is 25.6. The van der Waals surface area contributed by atoms with Crippen molar-refractivity contribution in [3.8, 4) is 0 Å². The molecule has 0 spiro atoms. The first-order chi connectivity index (χ1) is 18.2. The summed E-state index contributed by atoms with van der Waals surface area (Å²) in [6, 6.07) is 0. The molecular formula is C34H68O3. The van der Waals surface area contributed by atoms with E-state index in [4.69, 9.17) is 9.84 Å². The van der Waals surface area contributed by atoms with Crippen LogP contribution in [0.25, 0.3) is 0 Å². The maximum Gasteiger partial charge on any atom is 0.305 e. The first-order valence-corrected chi connectivity index (χ1v) is 16.9. The summed E-state index contributed by atoms with van der Waals surface area (Å²) < 4.78 is 5.42. The van der Waals surface area contributed by atoms with E-state index in [-0.39, 0.29) is 5.97 Å². The fraction of sp³-hybridized carbons (Fsp3) is 0.971. The molecule has 1 N–H and O–H groups in total. The molecule has 0 saturated carbocycles. The minimum absolute atomic E-state index is 0.0155. The van der Waals surface area contributed by atoms with Gasteiger partial charge in [0.05, 0.1) is 6.61 Å². The van der Waals surface area contributed by atoms with Crippen molar-refractivity contribution >= 4 is 5.97 Å². The molecule has 3 nitrogen and oxygen atoms in total. The third kappa shape index (κ3) is 33.4. The maximum atomic E-state index is 11.9. The molecule has 0 bridgehead atoms. The molecule has 37 heavy (non-hydrogen) atoms. The lowest BCUT2D eigenvalue weighted by atomic mass is 10.0. The number of aliphatic hydroxyl groups is 1. The third-order valence-corrected chi connectivity index (χ3v) is 7.73. The van der Waals surface area contributed by atoms with Crippen LogP contribution in [0.15, 0.2) is 0 Å². The molecule has 0 rings (SSSR count). The van der Waals surface area contributed by atoms with Crippen LogP contribution in [-0.4, -0.2) is 24.3 Å². The number of aliphatic hydroxyl groups excluding tert-OH is 1. The predicted molar refractivity (Wildman–Crippen MR) is 162 cm³/mol. The van der Waals surface area contributed by atoms with Gasteiger partial charge in [-0.15, -0.1) is 0 Å². The number of unbranched alkanes of at least 4 members (excludes halogenated alkanes) is 24. The fourth-order valence-electron chi connectivity index (χ4n) is 5.18. The number of ether oxygens (including phenoxy) is 1. The van der Waals surface area contributed by atoms with E-state index in [9.17, 15) is 4.79 Å². The van der Waals surface area contributed by atoms with E-state index in [1.54, 1.807) is 0 Å². The molecule has 0 heterocycles. The van der Waals surface area contributed by atoms with Crippen molar-refractivity contribution in [1.82, 2.24) is 0 Å². The van der Waals surface area contributed by atoms with E-state index in [1.165, 1.54) is 154 Å². The highest BCUT2D eigenvalue weighted by Gasteiger charge is 2.03. The minimum atomic E-state index is 0.0155. The second-order valence-electron chi connectivity index (χ2n) is 12.1. The van der Waals surface area contributed by atoms with Gasteiger partial charge in [0.1, 0.15) is 0 Å². The Morgan fingerprint density at radius 2 is 0.811 bits per heavy atom. The van der Waals surface area contributed by atoms with E-state index in [0.717, 1.165) is 25.2 Å². The second-order valence-corrected chi connectivity index (χ2v) is 12.1. The molecule has 0 aliphatic heterocycles. The third-order valence-electron chi connectivity index (χ3n) is 7.73. The van der Waals surface area contributed by atoms with E-state index >= 15 is 0 Å². The lowest BCUT2D eigenvalue weighted by Gasteiger charge is -2.06. The van der Waals surface area contributed by atoms with Gasteiger partial charge in [0.25, 0.3) is 0 Å². The van der Waals surface area contributed by atoms with Gasteiger partial charge in [-0.2, -0.15) is 0 Å². The highest BCUT2D eigenvalue weighted by molar-refractivity contribution is 5.69. The van der Waals surface area contributed by atoms with Crippen LogP contribution in [-0.2, 0) is 9.53 Å². The van der Waals surface area contributed by atoms with Crippen LogP contribution in [0, 0.1) is 5.92 Å². The fourth-order valence-corrected chi connectivity index (χ4v) is 5.18. The van der Waals surface area contributed by atoms with Gasteiger partial charge >= 0.3 is 5.97 Å². The topological polar surface area (TPSA) is 46.5 Å². The number of esters is 1. The Hall–Kier alpha value is -0.570. The Balaban J connectivity index is 3.15. The van der Waals surface area contributed by atoms with E-state index < -0.39 is 0 Å². The van der Waals surface area contributed by atoms with Crippen LogP contribution in [0.2, 0.25) is 0 Å². The molecule has 0 fully saturated rings. The van der Waals surface area contributed by atoms with Gasteiger partial charge < -0.3 is 9.84 Å². The SMILES string of the molecule is CC(C)CCCCCCCCCCCCCCC(=O)OCCCCCCCCCCCCCCCCO. The Bertz CT molecular complexity index is 435. The summed E-state index contributed by atoms with van der Waals surface area (Å²) in [4.78, 5) is 11.9. The Morgan fingerprint density at radius 1 is 0.486 bits per heavy atom. The number of carbonyl (C=O) groups excluding carboxylic acids is 1. The average molecular weight is 525 g/mol. The zero-order valence-corrected chi connectivity index (χ0v) is 25.6. The molecule has 222 valence electrons. The normalized spacial score (nSPS) is 11.5. The standard InChI is InChI=1S/C34H68O3/c1-33(2)29-25-21-17-13-9-5-6-10-14-18-22-26-30-34(36)37-32-28-24-20-16-12-8-4-3-7-11-15-19-23-27-31-35/h33,35H,3-32H2,1-2H3. The van der Waals surface area contributed by atoms with Crippen molar-refractivity contribution in [3.63, 3.8) is 0 Å². The lowest BCUT2D eigenvalue weighted by Crippen LogP contribution is -2.05. The molecule has 0 amide bonds. The van der Waals surface area contributed by atoms with Crippen molar-refractivity contribution in [2.75, 3.05) is 13.2 Å². The molecule has 0 atom stereocenters. The smallest absolute Gasteiger partial charge is 0.305 e. The monoisotopic (exact) mass is 525 g/mol. The lowest BCUT2D eigenvalue weighted by molar-refractivity contribution is -0.143. The molecule has 3 heteroatoms. The number of hydrogen-bond donors (Lipinski definition) is 1. The minimum Gasteiger partial charge on any atom is -0.466 e. The average Bonchev–Trinajstić information content (AvgIpc) is 2.88. The first kappa shape index (κ1) is 36.4. The molecule has 0 aromatic carbocycles. The Kier molecular flexibility index (Phi) is 31.2. The first-order valence-electron chi connectivity index (χ1n) is 16.9. The molecule has 0 unspecified atom stereocenters. The number of carbonyl (C=O) groups is 1. The van der Waals surface area contributed by atoms with Crippen molar-refractivity contribution in [3.05, 3.63) is 0 Å². The van der Waals surface area contributed by atoms with Crippen LogP contribution in [0.1, 0.15) is 194 Å². The van der Waals surface area contributed by atoms with Crippen molar-refractivity contribution in [2.24, 2.45) is 5.92 Å². The van der Waals surface area contributed by atoms with Crippen LogP contribution in [0.3, 0.4) is 0 Å². The summed E-state index contributed by atoms with van der Waals surface area (Å²) in [5.74, 6) is 0.882. The zero-order chi connectivity index (χ0) is 27.1. The summed E-state index contributed by atoms with van der Waals surface area (Å²) in [6.45, 7) is 5.62. The van der Waals surface area contributed by atoms with Gasteiger partial charge in [-0.25, -0.2) is 0 Å². The highest BCUT2D eigenvalue weighted by atomic mass is 16.5. The summed E-state index contributed by atoms with van der Waals surface area (Å²) >= 11 is 0. The second kappa shape index (κ2) is 31.6. The van der Waals surface area contributed by atoms with E-state index in [0.29, 0.717) is 19.6 Å². The van der Waals surface area contributed by atoms with Crippen molar-refractivity contribution in [1.29, 1.82) is 0 Å². The van der Waals surface area contributed by atoms with Crippen LogP contribution in [0.5, 0.6) is 0 Å². The van der Waals surface area contributed by atoms with Gasteiger partial charge in [-0.05, 0) is 25.2 Å². The summed E-state index contributed by atoms with van der Waals surface area (Å²) in [5, 5.41) is 8.77. The summed E-state index contributed by atoms with van der Waals surface area (Å²) in [5.41, 5.74) is 0. The molecule has 0 aliphatic rings. The number of hydrogen-bond acceptors (Lipinski definition) is 3. The van der Waals surface area contributed by atoms with Crippen LogP contribution >= 0.6 is 0 Å². The number of rotatable bonds is 31. The molecule has 0 aliphatic carbocycles. The molecule has 0 aromatic heterocycles. The Morgan fingerprint density at radius 3 is 1.19 bits per heavy atom. The predicted octanol–water partition coefficient (Wildman–Crippen LogP) is 11.1. The van der Waals surface area contributed by atoms with E-state index in [1.807, 2.05) is 0 Å². The largest absolute Gasteiger partial charge is 0.466 e. The van der Waals surface area contributed by atoms with Gasteiger partial charge in [-0.3, -0.25) is 4.79 Å². The van der Waals surface area contributed by atoms with Gasteiger partial charge in [0.15, 0.2) is 0 Å². The van der Waals surface area contributed by atoms with Gasteiger partial charge in [0.2, 0.25) is 0 Å². The molecule has 0 aromatic rings. The van der Waals surface area contributed by atoms with Crippen LogP contribution < -0.4 is 0 Å². The van der Waals surface area contributed by atoms with E-state index in [2.05, 4.69) is 13.8 Å². The molecule has 0 saturated heterocycles. The van der Waals surface area contributed by atoms with Gasteiger partial charge in [-0.1, -0.05) is 168 Å². The summed E-state index contributed by atoms with van der Waals surface area (Å²) in [7, 11) is 0. The van der Waals surface area contributed by atoms with Crippen molar-refractivity contribution in [2.45, 2.75) is 194 Å². The summed E-state index contributed by atoms with van der Waals surface area (Å²) in [6.07, 6.45) is 35.9. The molecular weight excluding hydrogens is 456 g/mol. The molecule has 0 radical (unpaired) electrons. The quantitative estimate of drug-likeness (QED) is 0.0724.